The highest BCUT2D eigenvalue weighted by atomic mass is 32.1. The number of nitrogens with zero attached hydrogens (tertiary/aromatic N) is 3. The number of hydrogen-bond acceptors (Lipinski definition) is 5. The van der Waals surface area contributed by atoms with Gasteiger partial charge in [-0.2, -0.15) is 0 Å². The van der Waals surface area contributed by atoms with E-state index in [2.05, 4.69) is 27.2 Å². The molecule has 1 N–H and O–H groups in total. The van der Waals surface area contributed by atoms with Crippen LogP contribution in [0.15, 0.2) is 12.4 Å². The van der Waals surface area contributed by atoms with Crippen LogP contribution in [0.2, 0.25) is 0 Å². The summed E-state index contributed by atoms with van der Waals surface area (Å²) in [7, 11) is 0. The molecular formula is C10H12N4S. The third-order valence-corrected chi connectivity index (χ3v) is 3.98. The Morgan fingerprint density at radius 1 is 1.33 bits per heavy atom. The van der Waals surface area contributed by atoms with Gasteiger partial charge >= 0.3 is 0 Å². The number of rotatable bonds is 1. The second-order valence-corrected chi connectivity index (χ2v) is 4.99. The van der Waals surface area contributed by atoms with Gasteiger partial charge in [0.15, 0.2) is 10.5 Å². The fraction of sp³-hybridized carbons (Fsp3) is 0.500. The Morgan fingerprint density at radius 2 is 2.20 bits per heavy atom. The van der Waals surface area contributed by atoms with Gasteiger partial charge in [-0.15, -0.1) is 0 Å². The summed E-state index contributed by atoms with van der Waals surface area (Å²) in [6, 6.07) is 0. The van der Waals surface area contributed by atoms with Crippen molar-refractivity contribution in [3.63, 3.8) is 0 Å². The van der Waals surface area contributed by atoms with Crippen molar-refractivity contribution in [3.05, 3.63) is 17.4 Å². The number of thiazole rings is 1. The van der Waals surface area contributed by atoms with E-state index in [0.717, 1.165) is 23.6 Å². The Kier molecular flexibility index (Phi) is 2.14. The third kappa shape index (κ3) is 1.52. The maximum Gasteiger partial charge on any atom is 0.189 e. The van der Waals surface area contributed by atoms with Gasteiger partial charge in [0.25, 0.3) is 0 Å². The molecule has 2 aromatic rings. The van der Waals surface area contributed by atoms with Crippen molar-refractivity contribution in [1.29, 1.82) is 0 Å². The molecule has 78 valence electrons. The first-order valence-corrected chi connectivity index (χ1v) is 5.94. The topological polar surface area (TPSA) is 50.7 Å². The Balaban J connectivity index is 2.04. The summed E-state index contributed by atoms with van der Waals surface area (Å²) in [5.41, 5.74) is 0.789. The van der Waals surface area contributed by atoms with Crippen LogP contribution >= 0.6 is 11.3 Å². The fourth-order valence-corrected chi connectivity index (χ4v) is 3.09. The van der Waals surface area contributed by atoms with Gasteiger partial charge < -0.3 is 5.32 Å². The lowest BCUT2D eigenvalue weighted by molar-refractivity contribution is 0.570. The average molecular weight is 220 g/mol. The highest BCUT2D eigenvalue weighted by Crippen LogP contribution is 2.32. The molecule has 2 aromatic heterocycles. The van der Waals surface area contributed by atoms with Crippen LogP contribution in [0.4, 0.5) is 0 Å². The summed E-state index contributed by atoms with van der Waals surface area (Å²) in [6.07, 6.45) is 3.42. The summed E-state index contributed by atoms with van der Waals surface area (Å²) in [5, 5.41) is 4.57. The maximum absolute atomic E-state index is 4.55. The minimum Gasteiger partial charge on any atom is -0.316 e. The molecule has 0 amide bonds. The molecule has 0 unspecified atom stereocenters. The lowest BCUT2D eigenvalue weighted by atomic mass is 9.99. The first-order valence-electron chi connectivity index (χ1n) is 5.13. The molecule has 0 radical (unpaired) electrons. The number of nitrogens with one attached hydrogen (secondary N) is 1. The van der Waals surface area contributed by atoms with Crippen LogP contribution in [0.5, 0.6) is 0 Å². The summed E-state index contributed by atoms with van der Waals surface area (Å²) in [4.78, 5) is 14.0. The third-order valence-electron chi connectivity index (χ3n) is 2.90. The minimum atomic E-state index is 0.533. The molecule has 0 aromatic carbocycles. The molecule has 1 fully saturated rings. The van der Waals surface area contributed by atoms with Gasteiger partial charge in [0, 0.05) is 24.9 Å². The van der Waals surface area contributed by atoms with Crippen LogP contribution in [0, 0.1) is 5.92 Å². The van der Waals surface area contributed by atoms with Gasteiger partial charge in [0.05, 0.1) is 0 Å². The zero-order valence-electron chi connectivity index (χ0n) is 8.47. The molecule has 0 saturated carbocycles. The molecule has 0 aliphatic carbocycles. The lowest BCUT2D eigenvalue weighted by Crippen LogP contribution is -2.07. The molecule has 3 rings (SSSR count). The Bertz CT molecular complexity index is 448. The summed E-state index contributed by atoms with van der Waals surface area (Å²) >= 11 is 1.67. The van der Waals surface area contributed by atoms with Crippen LogP contribution in [0.1, 0.15) is 17.8 Å². The first kappa shape index (κ1) is 9.18. The predicted octanol–water partition coefficient (Wildman–Crippen LogP) is 1.41. The van der Waals surface area contributed by atoms with E-state index in [4.69, 9.17) is 0 Å². The highest BCUT2D eigenvalue weighted by molar-refractivity contribution is 7.18. The standard InChI is InChI=1S/C10H12N4S/c1-6-4-11-5-7(6)9-14-8-10(15-9)13-3-2-12-8/h2-3,6-7,11H,4-5H2,1H3/t6-,7-/m1/s1. The van der Waals surface area contributed by atoms with E-state index in [1.54, 1.807) is 23.7 Å². The van der Waals surface area contributed by atoms with E-state index in [0.29, 0.717) is 11.8 Å². The summed E-state index contributed by atoms with van der Waals surface area (Å²) < 4.78 is 0. The first-order chi connectivity index (χ1) is 7.34. The summed E-state index contributed by atoms with van der Waals surface area (Å²) in [5.74, 6) is 1.19. The minimum absolute atomic E-state index is 0.533. The molecular weight excluding hydrogens is 208 g/mol. The van der Waals surface area contributed by atoms with E-state index in [1.807, 2.05) is 0 Å². The van der Waals surface area contributed by atoms with Crippen LogP contribution in [-0.4, -0.2) is 28.0 Å². The highest BCUT2D eigenvalue weighted by Gasteiger charge is 2.27. The van der Waals surface area contributed by atoms with Crippen LogP contribution in [0.3, 0.4) is 0 Å². The van der Waals surface area contributed by atoms with Crippen molar-refractivity contribution in [2.24, 2.45) is 5.92 Å². The molecule has 3 heterocycles. The number of fused-ring (bicyclic) bond motifs is 1. The SMILES string of the molecule is C[C@@H]1CNC[C@H]1c1nc2nccnc2s1. The number of hydrogen-bond donors (Lipinski definition) is 1. The zero-order valence-corrected chi connectivity index (χ0v) is 9.29. The van der Waals surface area contributed by atoms with Gasteiger partial charge in [-0.25, -0.2) is 15.0 Å². The monoisotopic (exact) mass is 220 g/mol. The average Bonchev–Trinajstić information content (AvgIpc) is 2.82. The van der Waals surface area contributed by atoms with Crippen molar-refractivity contribution >= 4 is 21.8 Å². The normalized spacial score (nSPS) is 26.2. The van der Waals surface area contributed by atoms with Crippen LogP contribution < -0.4 is 5.32 Å². The van der Waals surface area contributed by atoms with Crippen LogP contribution in [-0.2, 0) is 0 Å². The van der Waals surface area contributed by atoms with Gasteiger partial charge in [0.2, 0.25) is 0 Å². The van der Waals surface area contributed by atoms with Gasteiger partial charge in [-0.1, -0.05) is 18.3 Å². The van der Waals surface area contributed by atoms with Crippen molar-refractivity contribution in [2.45, 2.75) is 12.8 Å². The van der Waals surface area contributed by atoms with E-state index in [1.165, 1.54) is 5.01 Å². The van der Waals surface area contributed by atoms with E-state index in [9.17, 15) is 0 Å². The molecule has 0 spiro atoms. The largest absolute Gasteiger partial charge is 0.316 e. The van der Waals surface area contributed by atoms with Gasteiger partial charge in [-0.3, -0.25) is 0 Å². The molecule has 4 nitrogen and oxygen atoms in total. The van der Waals surface area contributed by atoms with Crippen molar-refractivity contribution in [1.82, 2.24) is 20.3 Å². The van der Waals surface area contributed by atoms with Crippen molar-refractivity contribution < 1.29 is 0 Å². The number of aromatic nitrogens is 3. The second-order valence-electron chi connectivity index (χ2n) is 3.98. The van der Waals surface area contributed by atoms with E-state index in [-0.39, 0.29) is 0 Å². The van der Waals surface area contributed by atoms with Gasteiger partial charge in [0.1, 0.15) is 5.01 Å². The predicted molar refractivity (Wildman–Crippen MR) is 60.0 cm³/mol. The molecule has 15 heavy (non-hydrogen) atoms. The van der Waals surface area contributed by atoms with Crippen molar-refractivity contribution in [2.75, 3.05) is 13.1 Å². The molecule has 1 aliphatic heterocycles. The van der Waals surface area contributed by atoms with Gasteiger partial charge in [-0.05, 0) is 12.5 Å². The second kappa shape index (κ2) is 3.50. The van der Waals surface area contributed by atoms with E-state index < -0.39 is 0 Å². The molecule has 1 saturated heterocycles. The van der Waals surface area contributed by atoms with Crippen molar-refractivity contribution in [3.8, 4) is 0 Å². The molecule has 5 heteroatoms. The zero-order chi connectivity index (χ0) is 10.3. The lowest BCUT2D eigenvalue weighted by Gasteiger charge is -2.09. The Hall–Kier alpha value is -1.07. The quantitative estimate of drug-likeness (QED) is 0.789. The molecule has 1 aliphatic rings. The maximum atomic E-state index is 4.55. The Labute approximate surface area is 91.8 Å². The summed E-state index contributed by atoms with van der Waals surface area (Å²) in [6.45, 7) is 4.38. The fourth-order valence-electron chi connectivity index (χ4n) is 1.99. The molecule has 0 bridgehead atoms. The Morgan fingerprint density at radius 3 is 2.93 bits per heavy atom. The van der Waals surface area contributed by atoms with E-state index >= 15 is 0 Å². The van der Waals surface area contributed by atoms with Crippen LogP contribution in [0.25, 0.3) is 10.5 Å². The molecule has 2 atom stereocenters. The smallest absolute Gasteiger partial charge is 0.189 e.